The van der Waals surface area contributed by atoms with Gasteiger partial charge >= 0.3 is 0 Å². The number of hydrogen-bond acceptors (Lipinski definition) is 5. The van der Waals surface area contributed by atoms with Crippen molar-refractivity contribution >= 4 is 17.3 Å². The van der Waals surface area contributed by atoms with E-state index in [0.29, 0.717) is 0 Å². The fraction of sp³-hybridized carbons (Fsp3) is 0.409. The lowest BCUT2D eigenvalue weighted by atomic mass is 10.0. The van der Waals surface area contributed by atoms with Gasteiger partial charge in [-0.2, -0.15) is 0 Å². The Balaban J connectivity index is 1.57. The van der Waals surface area contributed by atoms with E-state index in [1.165, 1.54) is 16.2 Å². The molecule has 1 atom stereocenters. The van der Waals surface area contributed by atoms with E-state index in [0.717, 1.165) is 42.8 Å². The lowest BCUT2D eigenvalue weighted by Gasteiger charge is -2.37. The highest BCUT2D eigenvalue weighted by atomic mass is 35.5. The van der Waals surface area contributed by atoms with Gasteiger partial charge in [-0.05, 0) is 60.7 Å². The average Bonchev–Trinajstić information content (AvgIpc) is 3.26. The summed E-state index contributed by atoms with van der Waals surface area (Å²) < 4.78 is 7.21. The Morgan fingerprint density at radius 3 is 2.27 bits per heavy atom. The molecule has 3 aromatic rings. The number of nitrogens with one attached hydrogen (secondary N) is 1. The predicted octanol–water partition coefficient (Wildman–Crippen LogP) is 2.41. The number of anilines is 1. The SMILES string of the molecule is COc1ccc(N2CC[NH+]([C@@H](c3ccc(Cl)cc3)c3nnnn3C(C)C)CC2)cc1. The molecule has 2 aromatic carbocycles. The third-order valence-electron chi connectivity index (χ3n) is 5.72. The van der Waals surface area contributed by atoms with Crippen molar-refractivity contribution in [2.45, 2.75) is 25.9 Å². The molecule has 1 aliphatic heterocycles. The number of aromatic nitrogens is 4. The monoisotopic (exact) mass is 427 g/mol. The maximum Gasteiger partial charge on any atom is 0.214 e. The van der Waals surface area contributed by atoms with Crippen LogP contribution < -0.4 is 14.5 Å². The van der Waals surface area contributed by atoms with E-state index < -0.39 is 0 Å². The van der Waals surface area contributed by atoms with Gasteiger partial charge in [-0.1, -0.05) is 23.7 Å². The summed E-state index contributed by atoms with van der Waals surface area (Å²) >= 11 is 6.15. The molecular weight excluding hydrogens is 400 g/mol. The van der Waals surface area contributed by atoms with Crippen LogP contribution in [-0.4, -0.2) is 53.5 Å². The van der Waals surface area contributed by atoms with Crippen LogP contribution in [0.5, 0.6) is 5.75 Å². The van der Waals surface area contributed by atoms with E-state index in [1.54, 1.807) is 7.11 Å². The van der Waals surface area contributed by atoms with E-state index in [-0.39, 0.29) is 12.1 Å². The standard InChI is InChI=1S/C22H27ClN6O/c1-16(2)29-22(24-25-26-29)21(17-4-6-18(23)7-5-17)28-14-12-27(13-15-28)19-8-10-20(30-3)11-9-19/h4-11,16,21H,12-15H2,1-3H3/p+1/t21-/m0/s1. The number of rotatable bonds is 6. The van der Waals surface area contributed by atoms with Crippen LogP contribution >= 0.6 is 11.6 Å². The van der Waals surface area contributed by atoms with Crippen molar-refractivity contribution in [2.24, 2.45) is 0 Å². The van der Waals surface area contributed by atoms with Crippen molar-refractivity contribution < 1.29 is 9.64 Å². The molecule has 158 valence electrons. The van der Waals surface area contributed by atoms with E-state index in [1.807, 2.05) is 28.9 Å². The maximum absolute atomic E-state index is 6.15. The Bertz CT molecular complexity index is 949. The van der Waals surface area contributed by atoms with Crippen LogP contribution in [0.2, 0.25) is 5.02 Å². The van der Waals surface area contributed by atoms with Crippen LogP contribution in [0.25, 0.3) is 0 Å². The van der Waals surface area contributed by atoms with E-state index >= 15 is 0 Å². The number of halogens is 1. The topological polar surface area (TPSA) is 60.5 Å². The Kier molecular flexibility index (Phi) is 6.20. The van der Waals surface area contributed by atoms with E-state index in [2.05, 4.69) is 58.5 Å². The number of ether oxygens (including phenoxy) is 1. The van der Waals surface area contributed by atoms with Gasteiger partial charge in [0.1, 0.15) is 5.75 Å². The first-order valence-corrected chi connectivity index (χ1v) is 10.7. The molecule has 2 heterocycles. The minimum absolute atomic E-state index is 0.0673. The predicted molar refractivity (Wildman–Crippen MR) is 117 cm³/mol. The molecule has 30 heavy (non-hydrogen) atoms. The molecule has 8 heteroatoms. The molecule has 1 N–H and O–H groups in total. The Hall–Kier alpha value is -2.64. The molecule has 1 aromatic heterocycles. The van der Waals surface area contributed by atoms with Gasteiger partial charge in [0.05, 0.1) is 39.3 Å². The van der Waals surface area contributed by atoms with Crippen molar-refractivity contribution in [1.29, 1.82) is 0 Å². The van der Waals surface area contributed by atoms with Crippen LogP contribution in [0, 0.1) is 0 Å². The fourth-order valence-corrected chi connectivity index (χ4v) is 4.24. The average molecular weight is 428 g/mol. The zero-order valence-corrected chi connectivity index (χ0v) is 18.4. The van der Waals surface area contributed by atoms with Crippen LogP contribution in [-0.2, 0) is 0 Å². The summed E-state index contributed by atoms with van der Waals surface area (Å²) in [6, 6.07) is 16.6. The van der Waals surface area contributed by atoms with Crippen molar-refractivity contribution in [1.82, 2.24) is 20.2 Å². The number of benzene rings is 2. The van der Waals surface area contributed by atoms with Crippen LogP contribution in [0.3, 0.4) is 0 Å². The van der Waals surface area contributed by atoms with E-state index in [9.17, 15) is 0 Å². The first-order chi connectivity index (χ1) is 14.6. The smallest absolute Gasteiger partial charge is 0.214 e. The Morgan fingerprint density at radius 2 is 1.67 bits per heavy atom. The number of hydrogen-bond donors (Lipinski definition) is 1. The highest BCUT2D eigenvalue weighted by Gasteiger charge is 2.34. The number of nitrogens with zero attached hydrogens (tertiary/aromatic N) is 5. The van der Waals surface area contributed by atoms with Gasteiger partial charge in [0.15, 0.2) is 6.04 Å². The number of piperazine rings is 1. The maximum atomic E-state index is 6.15. The summed E-state index contributed by atoms with van der Waals surface area (Å²) in [5, 5.41) is 13.4. The first kappa shape index (κ1) is 20.6. The summed E-state index contributed by atoms with van der Waals surface area (Å²) in [6.45, 7) is 8.13. The van der Waals surface area contributed by atoms with Crippen molar-refractivity contribution in [3.05, 3.63) is 64.9 Å². The van der Waals surface area contributed by atoms with Gasteiger partial charge < -0.3 is 14.5 Å². The molecule has 0 saturated carbocycles. The lowest BCUT2D eigenvalue weighted by Crippen LogP contribution is -3.15. The molecule has 0 unspecified atom stereocenters. The van der Waals surface area contributed by atoms with Crippen molar-refractivity contribution in [2.75, 3.05) is 38.2 Å². The third kappa shape index (κ3) is 4.27. The summed E-state index contributed by atoms with van der Waals surface area (Å²) in [5.74, 6) is 1.78. The number of methoxy groups -OCH3 is 1. The molecule has 1 saturated heterocycles. The van der Waals surface area contributed by atoms with Crippen LogP contribution in [0.15, 0.2) is 48.5 Å². The highest BCUT2D eigenvalue weighted by Crippen LogP contribution is 2.23. The summed E-state index contributed by atoms with van der Waals surface area (Å²) in [7, 11) is 1.69. The molecule has 4 rings (SSSR count). The lowest BCUT2D eigenvalue weighted by molar-refractivity contribution is -0.927. The summed E-state index contributed by atoms with van der Waals surface area (Å²) in [6.07, 6.45) is 0. The fourth-order valence-electron chi connectivity index (χ4n) is 4.11. The zero-order valence-electron chi connectivity index (χ0n) is 17.6. The normalized spacial score (nSPS) is 16.1. The quantitative estimate of drug-likeness (QED) is 0.654. The second kappa shape index (κ2) is 9.02. The number of tetrazole rings is 1. The zero-order chi connectivity index (χ0) is 21.1. The Labute approximate surface area is 182 Å². The van der Waals surface area contributed by atoms with Crippen LogP contribution in [0.1, 0.15) is 37.3 Å². The largest absolute Gasteiger partial charge is 0.497 e. The van der Waals surface area contributed by atoms with E-state index in [4.69, 9.17) is 16.3 Å². The second-order valence-electron chi connectivity index (χ2n) is 7.90. The molecule has 1 aliphatic rings. The molecule has 0 spiro atoms. The van der Waals surface area contributed by atoms with Crippen LogP contribution in [0.4, 0.5) is 5.69 Å². The van der Waals surface area contributed by atoms with Gasteiger partial charge in [0.2, 0.25) is 5.82 Å². The highest BCUT2D eigenvalue weighted by molar-refractivity contribution is 6.30. The number of quaternary nitrogens is 1. The molecule has 0 radical (unpaired) electrons. The summed E-state index contributed by atoms with van der Waals surface area (Å²) in [4.78, 5) is 3.88. The van der Waals surface area contributed by atoms with Crippen molar-refractivity contribution in [3.8, 4) is 5.75 Å². The molecule has 0 bridgehead atoms. The minimum Gasteiger partial charge on any atom is -0.497 e. The minimum atomic E-state index is 0.0673. The molecular formula is C22H28ClN6O+. The van der Waals surface area contributed by atoms with Gasteiger partial charge in [-0.15, -0.1) is 5.10 Å². The first-order valence-electron chi connectivity index (χ1n) is 10.3. The molecule has 0 amide bonds. The van der Waals surface area contributed by atoms with Gasteiger partial charge in [0, 0.05) is 16.3 Å². The Morgan fingerprint density at radius 1 is 1.00 bits per heavy atom. The molecule has 0 aliphatic carbocycles. The molecule has 1 fully saturated rings. The van der Waals surface area contributed by atoms with Crippen molar-refractivity contribution in [3.63, 3.8) is 0 Å². The van der Waals surface area contributed by atoms with Gasteiger partial charge in [-0.25, -0.2) is 4.68 Å². The van der Waals surface area contributed by atoms with Gasteiger partial charge in [-0.3, -0.25) is 0 Å². The van der Waals surface area contributed by atoms with Gasteiger partial charge in [0.25, 0.3) is 0 Å². The third-order valence-corrected chi connectivity index (χ3v) is 5.97. The second-order valence-corrected chi connectivity index (χ2v) is 8.34. The molecule has 7 nitrogen and oxygen atoms in total. The summed E-state index contributed by atoms with van der Waals surface area (Å²) in [5.41, 5.74) is 2.41.